The van der Waals surface area contributed by atoms with Crippen LogP contribution in [-0.2, 0) is 11.3 Å². The number of carbonyl (C=O) groups excluding carboxylic acids is 2. The SMILES string of the molecule is COc1ccc(CNC(=O)NC(C)(C)C)cc1NC(C)=O. The topological polar surface area (TPSA) is 79.5 Å². The Morgan fingerprint density at radius 2 is 1.90 bits per heavy atom. The van der Waals surface area contributed by atoms with Gasteiger partial charge in [-0.1, -0.05) is 6.07 Å². The van der Waals surface area contributed by atoms with Gasteiger partial charge in [-0.05, 0) is 38.5 Å². The summed E-state index contributed by atoms with van der Waals surface area (Å²) in [5.74, 6) is 0.400. The highest BCUT2D eigenvalue weighted by Gasteiger charge is 2.13. The van der Waals surface area contributed by atoms with Crippen LogP contribution in [0.4, 0.5) is 10.5 Å². The lowest BCUT2D eigenvalue weighted by atomic mass is 10.1. The maximum Gasteiger partial charge on any atom is 0.315 e. The summed E-state index contributed by atoms with van der Waals surface area (Å²) >= 11 is 0. The molecule has 1 aromatic carbocycles. The van der Waals surface area contributed by atoms with Crippen LogP contribution in [0, 0.1) is 0 Å². The number of benzene rings is 1. The molecule has 0 saturated carbocycles. The molecule has 0 fully saturated rings. The lowest BCUT2D eigenvalue weighted by molar-refractivity contribution is -0.114. The zero-order chi connectivity index (χ0) is 16.0. The summed E-state index contributed by atoms with van der Waals surface area (Å²) in [4.78, 5) is 22.9. The van der Waals surface area contributed by atoms with Gasteiger partial charge in [0.2, 0.25) is 5.91 Å². The molecule has 21 heavy (non-hydrogen) atoms. The molecule has 3 N–H and O–H groups in total. The molecule has 6 heteroatoms. The first-order valence-electron chi connectivity index (χ1n) is 6.72. The van der Waals surface area contributed by atoms with Crippen molar-refractivity contribution in [1.82, 2.24) is 10.6 Å². The first-order chi connectivity index (χ1) is 9.71. The summed E-state index contributed by atoms with van der Waals surface area (Å²) in [5, 5.41) is 8.28. The number of methoxy groups -OCH3 is 1. The minimum absolute atomic E-state index is 0.177. The third-order valence-electron chi connectivity index (χ3n) is 2.52. The Kier molecular flexibility index (Phi) is 5.58. The molecule has 0 radical (unpaired) electrons. The Balaban J connectivity index is 2.71. The van der Waals surface area contributed by atoms with Crippen LogP contribution in [0.5, 0.6) is 5.75 Å². The Hall–Kier alpha value is -2.24. The smallest absolute Gasteiger partial charge is 0.315 e. The van der Waals surface area contributed by atoms with Crippen LogP contribution in [-0.4, -0.2) is 24.6 Å². The number of rotatable bonds is 4. The van der Waals surface area contributed by atoms with Gasteiger partial charge in [0.25, 0.3) is 0 Å². The molecule has 0 unspecified atom stereocenters. The zero-order valence-corrected chi connectivity index (χ0v) is 13.2. The second-order valence-electron chi connectivity index (χ2n) is 5.77. The number of amides is 3. The van der Waals surface area contributed by atoms with E-state index >= 15 is 0 Å². The van der Waals surface area contributed by atoms with E-state index in [4.69, 9.17) is 4.74 Å². The van der Waals surface area contributed by atoms with Gasteiger partial charge in [0.1, 0.15) is 5.75 Å². The fourth-order valence-corrected chi connectivity index (χ4v) is 1.72. The summed E-state index contributed by atoms with van der Waals surface area (Å²) in [6.45, 7) is 7.53. The fourth-order valence-electron chi connectivity index (χ4n) is 1.72. The summed E-state index contributed by atoms with van der Waals surface area (Å²) in [5.41, 5.74) is 1.16. The summed E-state index contributed by atoms with van der Waals surface area (Å²) in [7, 11) is 1.54. The Morgan fingerprint density at radius 3 is 2.43 bits per heavy atom. The third-order valence-corrected chi connectivity index (χ3v) is 2.52. The second-order valence-corrected chi connectivity index (χ2v) is 5.77. The molecule has 116 valence electrons. The van der Waals surface area contributed by atoms with Crippen LogP contribution in [0.3, 0.4) is 0 Å². The number of hydrogen-bond acceptors (Lipinski definition) is 3. The van der Waals surface area contributed by atoms with Crippen LogP contribution in [0.2, 0.25) is 0 Å². The van der Waals surface area contributed by atoms with Crippen LogP contribution in [0.15, 0.2) is 18.2 Å². The molecule has 1 rings (SSSR count). The van der Waals surface area contributed by atoms with Gasteiger partial charge < -0.3 is 20.7 Å². The number of anilines is 1. The average molecular weight is 293 g/mol. The molecule has 0 aliphatic rings. The van der Waals surface area contributed by atoms with Crippen LogP contribution < -0.4 is 20.7 Å². The van der Waals surface area contributed by atoms with Gasteiger partial charge in [-0.25, -0.2) is 4.79 Å². The molecule has 0 bridgehead atoms. The monoisotopic (exact) mass is 293 g/mol. The number of hydrogen-bond donors (Lipinski definition) is 3. The van der Waals surface area contributed by atoms with Crippen LogP contribution in [0.1, 0.15) is 33.3 Å². The van der Waals surface area contributed by atoms with Crippen molar-refractivity contribution >= 4 is 17.6 Å². The molecule has 0 aromatic heterocycles. The standard InChI is InChI=1S/C15H23N3O3/c1-10(19)17-12-8-11(6-7-13(12)21-5)9-16-14(20)18-15(2,3)4/h6-8H,9H2,1-5H3,(H,17,19)(H2,16,18,20). The quantitative estimate of drug-likeness (QED) is 0.796. The van der Waals surface area contributed by atoms with E-state index in [1.165, 1.54) is 14.0 Å². The van der Waals surface area contributed by atoms with Crippen molar-refractivity contribution < 1.29 is 14.3 Å². The number of ether oxygens (including phenoxy) is 1. The van der Waals surface area contributed by atoms with E-state index in [0.29, 0.717) is 18.0 Å². The summed E-state index contributed by atoms with van der Waals surface area (Å²) in [6, 6.07) is 5.13. The van der Waals surface area contributed by atoms with Gasteiger partial charge in [0.05, 0.1) is 12.8 Å². The third kappa shape index (κ3) is 6.16. The first kappa shape index (κ1) is 16.8. The minimum atomic E-state index is -0.286. The van der Waals surface area contributed by atoms with Crippen molar-refractivity contribution in [1.29, 1.82) is 0 Å². The van der Waals surface area contributed by atoms with E-state index in [1.807, 2.05) is 26.8 Å². The van der Waals surface area contributed by atoms with Crippen LogP contribution >= 0.6 is 0 Å². The molecular weight excluding hydrogens is 270 g/mol. The van der Waals surface area contributed by atoms with E-state index in [1.54, 1.807) is 12.1 Å². The molecule has 0 aliphatic carbocycles. The highest BCUT2D eigenvalue weighted by molar-refractivity contribution is 5.90. The van der Waals surface area contributed by atoms with Crippen molar-refractivity contribution in [2.75, 3.05) is 12.4 Å². The summed E-state index contributed by atoms with van der Waals surface area (Å²) < 4.78 is 5.18. The summed E-state index contributed by atoms with van der Waals surface area (Å²) in [6.07, 6.45) is 0. The van der Waals surface area contributed by atoms with E-state index in [9.17, 15) is 9.59 Å². The lowest BCUT2D eigenvalue weighted by Gasteiger charge is -2.21. The molecule has 1 aromatic rings. The minimum Gasteiger partial charge on any atom is -0.495 e. The molecule has 6 nitrogen and oxygen atoms in total. The van der Waals surface area contributed by atoms with Gasteiger partial charge in [-0.3, -0.25) is 4.79 Å². The van der Waals surface area contributed by atoms with Gasteiger partial charge in [-0.2, -0.15) is 0 Å². The lowest BCUT2D eigenvalue weighted by Crippen LogP contribution is -2.46. The molecule has 0 saturated heterocycles. The Morgan fingerprint density at radius 1 is 1.24 bits per heavy atom. The molecule has 0 spiro atoms. The fraction of sp³-hybridized carbons (Fsp3) is 0.467. The molecule has 0 heterocycles. The maximum atomic E-state index is 11.7. The van der Waals surface area contributed by atoms with Crippen molar-refractivity contribution in [3.8, 4) is 5.75 Å². The zero-order valence-electron chi connectivity index (χ0n) is 13.2. The predicted molar refractivity (Wildman–Crippen MR) is 82.4 cm³/mol. The molecule has 0 aliphatic heterocycles. The van der Waals surface area contributed by atoms with E-state index in [0.717, 1.165) is 5.56 Å². The second kappa shape index (κ2) is 6.97. The van der Waals surface area contributed by atoms with Crippen molar-refractivity contribution in [3.63, 3.8) is 0 Å². The van der Waals surface area contributed by atoms with E-state index in [-0.39, 0.29) is 17.5 Å². The maximum absolute atomic E-state index is 11.7. The normalized spacial score (nSPS) is 10.7. The highest BCUT2D eigenvalue weighted by atomic mass is 16.5. The van der Waals surface area contributed by atoms with Gasteiger partial charge in [0.15, 0.2) is 0 Å². The van der Waals surface area contributed by atoms with Gasteiger partial charge in [-0.15, -0.1) is 0 Å². The predicted octanol–water partition coefficient (Wildman–Crippen LogP) is 2.25. The largest absolute Gasteiger partial charge is 0.495 e. The van der Waals surface area contributed by atoms with E-state index < -0.39 is 0 Å². The van der Waals surface area contributed by atoms with E-state index in [2.05, 4.69) is 16.0 Å². The highest BCUT2D eigenvalue weighted by Crippen LogP contribution is 2.25. The molecule has 3 amide bonds. The number of nitrogens with one attached hydrogen (secondary N) is 3. The number of carbonyl (C=O) groups is 2. The first-order valence-corrected chi connectivity index (χ1v) is 6.72. The van der Waals surface area contributed by atoms with Crippen LogP contribution in [0.25, 0.3) is 0 Å². The Labute approximate surface area is 125 Å². The molecule has 0 atom stereocenters. The van der Waals surface area contributed by atoms with Gasteiger partial charge in [0, 0.05) is 19.0 Å². The average Bonchev–Trinajstić information content (AvgIpc) is 2.34. The Bertz CT molecular complexity index is 521. The number of urea groups is 1. The van der Waals surface area contributed by atoms with Crippen molar-refractivity contribution in [2.24, 2.45) is 0 Å². The van der Waals surface area contributed by atoms with Crippen molar-refractivity contribution in [2.45, 2.75) is 39.8 Å². The van der Waals surface area contributed by atoms with Gasteiger partial charge >= 0.3 is 6.03 Å². The molecular formula is C15H23N3O3. The van der Waals surface area contributed by atoms with Crippen molar-refractivity contribution in [3.05, 3.63) is 23.8 Å².